The predicted molar refractivity (Wildman–Crippen MR) is 129 cm³/mol. The number of aromatic nitrogens is 2. The number of carbonyl (C=O) groups excluding carboxylic acids is 2. The van der Waals surface area contributed by atoms with Crippen LogP contribution in [0.3, 0.4) is 0 Å². The van der Waals surface area contributed by atoms with Crippen LogP contribution in [-0.4, -0.2) is 27.0 Å². The molecule has 4 aromatic rings. The topological polar surface area (TPSA) is 141 Å². The van der Waals surface area contributed by atoms with E-state index in [4.69, 9.17) is 26.5 Å². The third-order valence-corrected chi connectivity index (χ3v) is 5.26. The van der Waals surface area contributed by atoms with Crippen LogP contribution in [0.1, 0.15) is 33.1 Å². The first-order valence-electron chi connectivity index (χ1n) is 10.5. The van der Waals surface area contributed by atoms with Gasteiger partial charge in [0.1, 0.15) is 23.5 Å². The maximum absolute atomic E-state index is 12.8. The van der Waals surface area contributed by atoms with Gasteiger partial charge in [0.05, 0.1) is 18.7 Å². The van der Waals surface area contributed by atoms with Gasteiger partial charge in [-0.05, 0) is 35.4 Å². The SMILES string of the molecule is N/C=C(/C(=O)NCc1cc2cc(Cl)cc(C(=O)OCc3cccc(CO)c3)c2o1)c1ncccn1. The lowest BCUT2D eigenvalue weighted by molar-refractivity contribution is -0.115. The number of aliphatic hydroxyl groups is 1. The molecule has 0 spiro atoms. The van der Waals surface area contributed by atoms with E-state index in [0.717, 1.165) is 11.8 Å². The Hall–Kier alpha value is -4.21. The highest BCUT2D eigenvalue weighted by Gasteiger charge is 2.19. The number of nitrogens with zero attached hydrogens (tertiary/aromatic N) is 2. The van der Waals surface area contributed by atoms with Gasteiger partial charge in [-0.25, -0.2) is 14.8 Å². The van der Waals surface area contributed by atoms with Crippen molar-refractivity contribution in [3.8, 4) is 0 Å². The first kappa shape index (κ1) is 23.9. The van der Waals surface area contributed by atoms with E-state index in [0.29, 0.717) is 21.7 Å². The van der Waals surface area contributed by atoms with Gasteiger partial charge in [-0.2, -0.15) is 0 Å². The van der Waals surface area contributed by atoms with Crippen molar-refractivity contribution in [1.82, 2.24) is 15.3 Å². The van der Waals surface area contributed by atoms with Gasteiger partial charge in [0.15, 0.2) is 5.82 Å². The lowest BCUT2D eigenvalue weighted by atomic mass is 10.1. The van der Waals surface area contributed by atoms with E-state index in [1.807, 2.05) is 0 Å². The number of benzene rings is 2. The molecule has 35 heavy (non-hydrogen) atoms. The number of halogens is 1. The first-order chi connectivity index (χ1) is 17.0. The van der Waals surface area contributed by atoms with Crippen LogP contribution in [-0.2, 0) is 29.3 Å². The van der Waals surface area contributed by atoms with Crippen molar-refractivity contribution in [3.05, 3.63) is 100 Å². The van der Waals surface area contributed by atoms with Crippen LogP contribution >= 0.6 is 11.6 Å². The molecule has 4 N–H and O–H groups in total. The molecule has 2 aromatic heterocycles. The Morgan fingerprint density at radius 3 is 2.63 bits per heavy atom. The van der Waals surface area contributed by atoms with Crippen LogP contribution < -0.4 is 11.1 Å². The first-order valence-corrected chi connectivity index (χ1v) is 10.9. The zero-order chi connectivity index (χ0) is 24.8. The summed E-state index contributed by atoms with van der Waals surface area (Å²) in [5, 5.41) is 12.9. The van der Waals surface area contributed by atoms with Gasteiger partial charge in [-0.15, -0.1) is 0 Å². The molecule has 0 aliphatic heterocycles. The van der Waals surface area contributed by atoms with Crippen LogP contribution in [0.15, 0.2) is 71.5 Å². The van der Waals surface area contributed by atoms with Crippen LogP contribution in [0.4, 0.5) is 0 Å². The van der Waals surface area contributed by atoms with E-state index in [1.54, 1.807) is 42.5 Å². The van der Waals surface area contributed by atoms with Gasteiger partial charge in [0, 0.05) is 29.0 Å². The molecule has 0 aliphatic carbocycles. The van der Waals surface area contributed by atoms with Gasteiger partial charge < -0.3 is 25.3 Å². The van der Waals surface area contributed by atoms with Gasteiger partial charge in [-0.3, -0.25) is 4.79 Å². The molecule has 0 aliphatic rings. The highest BCUT2D eigenvalue weighted by Crippen LogP contribution is 2.28. The summed E-state index contributed by atoms with van der Waals surface area (Å²) in [6, 6.07) is 13.5. The Balaban J connectivity index is 1.49. The molecule has 10 heteroatoms. The normalized spacial score (nSPS) is 11.4. The van der Waals surface area contributed by atoms with Crippen molar-refractivity contribution in [3.63, 3.8) is 0 Å². The second-order valence-corrected chi connectivity index (χ2v) is 7.91. The number of hydrogen-bond donors (Lipinski definition) is 3. The average Bonchev–Trinajstić information content (AvgIpc) is 3.29. The quantitative estimate of drug-likeness (QED) is 0.251. The molecule has 0 saturated heterocycles. The third-order valence-electron chi connectivity index (χ3n) is 5.04. The molecule has 0 fully saturated rings. The monoisotopic (exact) mass is 492 g/mol. The van der Waals surface area contributed by atoms with Gasteiger partial charge >= 0.3 is 5.97 Å². The van der Waals surface area contributed by atoms with E-state index in [-0.39, 0.29) is 42.3 Å². The summed E-state index contributed by atoms with van der Waals surface area (Å²) in [4.78, 5) is 33.4. The molecule has 0 bridgehead atoms. The number of rotatable bonds is 8. The summed E-state index contributed by atoms with van der Waals surface area (Å²) in [6.07, 6.45) is 4.14. The summed E-state index contributed by atoms with van der Waals surface area (Å²) in [6.45, 7) is -0.0683. The predicted octanol–water partition coefficient (Wildman–Crippen LogP) is 3.34. The molecule has 178 valence electrons. The van der Waals surface area contributed by atoms with Gasteiger partial charge in [-0.1, -0.05) is 35.9 Å². The Bertz CT molecular complexity index is 1400. The number of ether oxygens (including phenoxy) is 1. The second-order valence-electron chi connectivity index (χ2n) is 7.47. The number of amides is 1. The molecular weight excluding hydrogens is 472 g/mol. The largest absolute Gasteiger partial charge is 0.458 e. The van der Waals surface area contributed by atoms with Crippen molar-refractivity contribution in [1.29, 1.82) is 0 Å². The molecule has 4 rings (SSSR count). The highest BCUT2D eigenvalue weighted by atomic mass is 35.5. The van der Waals surface area contributed by atoms with Crippen molar-refractivity contribution < 1.29 is 23.8 Å². The van der Waals surface area contributed by atoms with Crippen LogP contribution in [0, 0.1) is 0 Å². The highest BCUT2D eigenvalue weighted by molar-refractivity contribution is 6.32. The molecular formula is C25H21ClN4O5. The Labute approximate surface area is 205 Å². The number of nitrogens with one attached hydrogen (secondary N) is 1. The van der Waals surface area contributed by atoms with Crippen LogP contribution in [0.2, 0.25) is 5.02 Å². The number of aliphatic hydroxyl groups excluding tert-OH is 1. The maximum Gasteiger partial charge on any atom is 0.342 e. The lowest BCUT2D eigenvalue weighted by Gasteiger charge is -2.07. The maximum atomic E-state index is 12.8. The van der Waals surface area contributed by atoms with E-state index in [2.05, 4.69) is 15.3 Å². The number of esters is 1. The summed E-state index contributed by atoms with van der Waals surface area (Å²) in [5.41, 5.74) is 7.59. The standard InChI is InChI=1S/C25H21ClN4O5/c26-18-8-17-9-19(12-30-24(32)21(11-27)23-28-5-2-6-29-23)35-22(17)20(10-18)25(33)34-14-16-4-1-3-15(7-16)13-31/h1-11,31H,12-14,27H2,(H,30,32)/b21-11+. The smallest absolute Gasteiger partial charge is 0.342 e. The third kappa shape index (κ3) is 5.65. The fourth-order valence-electron chi connectivity index (χ4n) is 3.41. The minimum absolute atomic E-state index is 0.0139. The molecule has 2 aromatic carbocycles. The Morgan fingerprint density at radius 2 is 1.89 bits per heavy atom. The number of hydrogen-bond acceptors (Lipinski definition) is 8. The van der Waals surface area contributed by atoms with E-state index < -0.39 is 11.9 Å². The minimum Gasteiger partial charge on any atom is -0.458 e. The van der Waals surface area contributed by atoms with Crippen molar-refractivity contribution in [2.75, 3.05) is 0 Å². The summed E-state index contributed by atoms with van der Waals surface area (Å²) < 4.78 is 11.3. The zero-order valence-corrected chi connectivity index (χ0v) is 19.2. The van der Waals surface area contributed by atoms with E-state index in [9.17, 15) is 14.7 Å². The summed E-state index contributed by atoms with van der Waals surface area (Å²) in [7, 11) is 0. The van der Waals surface area contributed by atoms with Gasteiger partial charge in [0.2, 0.25) is 0 Å². The molecule has 0 saturated carbocycles. The van der Waals surface area contributed by atoms with Crippen molar-refractivity contribution in [2.24, 2.45) is 5.73 Å². The zero-order valence-electron chi connectivity index (χ0n) is 18.4. The molecule has 1 amide bonds. The molecule has 0 unspecified atom stereocenters. The summed E-state index contributed by atoms with van der Waals surface area (Å²) in [5.74, 6) is -0.516. The number of fused-ring (bicyclic) bond motifs is 1. The fourth-order valence-corrected chi connectivity index (χ4v) is 3.63. The van der Waals surface area contributed by atoms with Crippen LogP contribution in [0.25, 0.3) is 16.5 Å². The molecule has 0 atom stereocenters. The minimum atomic E-state index is -0.619. The van der Waals surface area contributed by atoms with E-state index >= 15 is 0 Å². The number of carbonyl (C=O) groups is 2. The molecule has 2 heterocycles. The Kier molecular flexibility index (Phi) is 7.39. The van der Waals surface area contributed by atoms with Crippen molar-refractivity contribution >= 4 is 40.0 Å². The Morgan fingerprint density at radius 1 is 1.11 bits per heavy atom. The summed E-state index contributed by atoms with van der Waals surface area (Å²) >= 11 is 6.21. The van der Waals surface area contributed by atoms with Crippen molar-refractivity contribution in [2.45, 2.75) is 19.8 Å². The molecule has 9 nitrogen and oxygen atoms in total. The van der Waals surface area contributed by atoms with Crippen LogP contribution in [0.5, 0.6) is 0 Å². The second kappa shape index (κ2) is 10.8. The van der Waals surface area contributed by atoms with Gasteiger partial charge in [0.25, 0.3) is 5.91 Å². The average molecular weight is 493 g/mol. The molecule has 0 radical (unpaired) electrons. The lowest BCUT2D eigenvalue weighted by Crippen LogP contribution is -2.25. The van der Waals surface area contributed by atoms with E-state index in [1.165, 1.54) is 18.5 Å². The fraction of sp³-hybridized carbons (Fsp3) is 0.120. The number of nitrogens with two attached hydrogens (primary N) is 1. The number of furan rings is 1.